The summed E-state index contributed by atoms with van der Waals surface area (Å²) >= 11 is 0. The molecule has 0 radical (unpaired) electrons. The van der Waals surface area contributed by atoms with E-state index in [1.165, 1.54) is 103 Å². The van der Waals surface area contributed by atoms with E-state index in [4.69, 9.17) is 0 Å². The Morgan fingerprint density at radius 3 is 1.23 bits per heavy atom. The predicted molar refractivity (Wildman–Crippen MR) is 320 cm³/mol. The molecule has 2 heterocycles. The van der Waals surface area contributed by atoms with Gasteiger partial charge in [-0.25, -0.2) is 0 Å². The van der Waals surface area contributed by atoms with Crippen LogP contribution < -0.4 is 20.7 Å². The van der Waals surface area contributed by atoms with Crippen LogP contribution in [-0.4, -0.2) is 17.2 Å². The molecule has 14 aromatic rings. The molecular weight excluding hydrogens is 921 g/mol. The molecular formula is C72H50N2Si. The lowest BCUT2D eigenvalue weighted by atomic mass is 9.92. The first-order chi connectivity index (χ1) is 37.2. The van der Waals surface area contributed by atoms with Crippen LogP contribution in [0.5, 0.6) is 0 Å². The van der Waals surface area contributed by atoms with E-state index < -0.39 is 8.07 Å². The Hall–Kier alpha value is -9.54. The standard InChI is InChI=1S/C72H50N2Si/c1-6-24-51(25-7-1)54-48-55(52-26-8-2-9-27-52)50-60(49-54)75(57-30-12-4-13-31-57,58-32-14-5-15-33-58)59-46-44-56(45-47-59)73-66-39-20-19-37-65(66)72-69(73)42-23-43-70(72)74-67-40-21-18-36-64(67)71-63(38-22-41-68(71)74)62-35-17-16-34-61(62)53-28-10-3-11-29-53/h1-50H. The molecule has 0 N–H and O–H groups in total. The van der Waals surface area contributed by atoms with Gasteiger partial charge in [0.15, 0.2) is 8.07 Å². The molecule has 75 heavy (non-hydrogen) atoms. The van der Waals surface area contributed by atoms with Crippen LogP contribution in [0.4, 0.5) is 0 Å². The van der Waals surface area contributed by atoms with Crippen molar-refractivity contribution < 1.29 is 0 Å². The Kier molecular flexibility index (Phi) is 10.9. The van der Waals surface area contributed by atoms with Gasteiger partial charge in [0.1, 0.15) is 0 Å². The maximum Gasteiger partial charge on any atom is 0.179 e. The second kappa shape index (κ2) is 18.5. The maximum atomic E-state index is 2.51. The molecule has 0 spiro atoms. The van der Waals surface area contributed by atoms with Crippen molar-refractivity contribution in [1.29, 1.82) is 0 Å². The smallest absolute Gasteiger partial charge is 0.179 e. The first-order valence-electron chi connectivity index (χ1n) is 25.9. The second-order valence-electron chi connectivity index (χ2n) is 19.5. The van der Waals surface area contributed by atoms with Crippen molar-refractivity contribution in [2.45, 2.75) is 0 Å². The quantitative estimate of drug-likeness (QED) is 0.0955. The average Bonchev–Trinajstić information content (AvgIpc) is 4.06. The van der Waals surface area contributed by atoms with E-state index in [1.807, 2.05) is 0 Å². The summed E-state index contributed by atoms with van der Waals surface area (Å²) in [6, 6.07) is 112. The number of hydrogen-bond donors (Lipinski definition) is 0. The van der Waals surface area contributed by atoms with Gasteiger partial charge in [-0.1, -0.05) is 255 Å². The monoisotopic (exact) mass is 970 g/mol. The topological polar surface area (TPSA) is 9.86 Å². The number of benzene rings is 12. The van der Waals surface area contributed by atoms with Crippen molar-refractivity contribution in [2.24, 2.45) is 0 Å². The van der Waals surface area contributed by atoms with E-state index in [0.29, 0.717) is 0 Å². The van der Waals surface area contributed by atoms with E-state index in [-0.39, 0.29) is 0 Å². The fourth-order valence-electron chi connectivity index (χ4n) is 12.2. The molecule has 14 rings (SSSR count). The highest BCUT2D eigenvalue weighted by Gasteiger charge is 2.42. The Morgan fingerprint density at radius 1 is 0.227 bits per heavy atom. The second-order valence-corrected chi connectivity index (χ2v) is 23.4. The fraction of sp³-hybridized carbons (Fsp3) is 0. The van der Waals surface area contributed by atoms with Gasteiger partial charge in [-0.3, -0.25) is 0 Å². The number of fused-ring (bicyclic) bond motifs is 6. The van der Waals surface area contributed by atoms with Crippen LogP contribution in [0.1, 0.15) is 0 Å². The van der Waals surface area contributed by atoms with Crippen molar-refractivity contribution in [3.8, 4) is 55.9 Å². The Labute approximate surface area is 438 Å². The van der Waals surface area contributed by atoms with Crippen molar-refractivity contribution in [3.05, 3.63) is 303 Å². The summed E-state index contributed by atoms with van der Waals surface area (Å²) in [7, 11) is -3.01. The van der Waals surface area contributed by atoms with Gasteiger partial charge >= 0.3 is 0 Å². The van der Waals surface area contributed by atoms with E-state index in [1.54, 1.807) is 0 Å². The Balaban J connectivity index is 0.983. The molecule has 0 saturated carbocycles. The normalized spacial score (nSPS) is 11.7. The summed E-state index contributed by atoms with van der Waals surface area (Å²) in [5, 5.41) is 10.3. The van der Waals surface area contributed by atoms with Gasteiger partial charge in [0.25, 0.3) is 0 Å². The van der Waals surface area contributed by atoms with E-state index in [2.05, 4.69) is 312 Å². The molecule has 0 aliphatic rings. The van der Waals surface area contributed by atoms with Crippen LogP contribution >= 0.6 is 0 Å². The molecule has 2 nitrogen and oxygen atoms in total. The molecule has 0 unspecified atom stereocenters. The number of rotatable bonds is 10. The zero-order chi connectivity index (χ0) is 49.7. The first-order valence-corrected chi connectivity index (χ1v) is 27.9. The molecule has 12 aromatic carbocycles. The third kappa shape index (κ3) is 7.31. The average molecular weight is 971 g/mol. The van der Waals surface area contributed by atoms with Crippen molar-refractivity contribution in [2.75, 3.05) is 0 Å². The van der Waals surface area contributed by atoms with Crippen LogP contribution in [-0.2, 0) is 0 Å². The Bertz CT molecular complexity index is 4270. The van der Waals surface area contributed by atoms with Gasteiger partial charge in [0, 0.05) is 27.2 Å². The fourth-order valence-corrected chi connectivity index (χ4v) is 17.0. The predicted octanol–water partition coefficient (Wildman–Crippen LogP) is 15.9. The first kappa shape index (κ1) is 44.2. The zero-order valence-corrected chi connectivity index (χ0v) is 42.3. The summed E-state index contributed by atoms with van der Waals surface area (Å²) in [6.45, 7) is 0. The minimum Gasteiger partial charge on any atom is -0.309 e. The van der Waals surface area contributed by atoms with E-state index in [9.17, 15) is 0 Å². The van der Waals surface area contributed by atoms with Gasteiger partial charge in [0.05, 0.1) is 27.8 Å². The maximum absolute atomic E-state index is 3.01. The van der Waals surface area contributed by atoms with Crippen LogP contribution in [0.15, 0.2) is 303 Å². The lowest BCUT2D eigenvalue weighted by molar-refractivity contribution is 1.17. The zero-order valence-electron chi connectivity index (χ0n) is 41.3. The SMILES string of the molecule is c1ccc(-c2cc(-c3ccccc3)cc([Si](c3ccccc3)(c3ccccc3)c3ccc(-n4c5ccccc5c5c(-n6c7ccccc7c7c(-c8ccccc8-c8ccccc8)cccc76)cccc54)cc3)c2)cc1. The number of aromatic nitrogens is 2. The van der Waals surface area contributed by atoms with E-state index >= 15 is 0 Å². The van der Waals surface area contributed by atoms with E-state index in [0.717, 1.165) is 16.9 Å². The molecule has 0 aliphatic carbocycles. The minimum absolute atomic E-state index is 1.12. The molecule has 3 heteroatoms. The molecule has 0 atom stereocenters. The third-order valence-corrected chi connectivity index (χ3v) is 20.2. The Morgan fingerprint density at radius 2 is 0.640 bits per heavy atom. The molecule has 0 bridgehead atoms. The summed E-state index contributed by atoms with van der Waals surface area (Å²) in [5.41, 5.74) is 16.7. The molecule has 0 saturated heterocycles. The lowest BCUT2D eigenvalue weighted by Crippen LogP contribution is -2.74. The third-order valence-electron chi connectivity index (χ3n) is 15.5. The van der Waals surface area contributed by atoms with Crippen molar-refractivity contribution in [1.82, 2.24) is 9.13 Å². The highest BCUT2D eigenvalue weighted by molar-refractivity contribution is 7.20. The van der Waals surface area contributed by atoms with Crippen LogP contribution in [0.3, 0.4) is 0 Å². The number of para-hydroxylation sites is 2. The van der Waals surface area contributed by atoms with Gasteiger partial charge in [-0.15, -0.1) is 0 Å². The van der Waals surface area contributed by atoms with Gasteiger partial charge in [0.2, 0.25) is 0 Å². The van der Waals surface area contributed by atoms with Crippen molar-refractivity contribution in [3.63, 3.8) is 0 Å². The van der Waals surface area contributed by atoms with Crippen LogP contribution in [0.2, 0.25) is 0 Å². The van der Waals surface area contributed by atoms with Gasteiger partial charge < -0.3 is 9.13 Å². The molecule has 0 fully saturated rings. The summed E-state index contributed by atoms with van der Waals surface area (Å²) in [5.74, 6) is 0. The number of nitrogens with zero attached hydrogens (tertiary/aromatic N) is 2. The van der Waals surface area contributed by atoms with Gasteiger partial charge in [-0.2, -0.15) is 0 Å². The van der Waals surface area contributed by atoms with Crippen molar-refractivity contribution >= 4 is 72.4 Å². The highest BCUT2D eigenvalue weighted by Crippen LogP contribution is 2.44. The van der Waals surface area contributed by atoms with Crippen LogP contribution in [0.25, 0.3) is 99.5 Å². The molecule has 352 valence electrons. The largest absolute Gasteiger partial charge is 0.309 e. The number of hydrogen-bond acceptors (Lipinski definition) is 0. The highest BCUT2D eigenvalue weighted by atomic mass is 28.3. The summed E-state index contributed by atoms with van der Waals surface area (Å²) in [4.78, 5) is 0. The van der Waals surface area contributed by atoms with Gasteiger partial charge in [-0.05, 0) is 114 Å². The molecule has 0 amide bonds. The van der Waals surface area contributed by atoms with Crippen LogP contribution in [0, 0.1) is 0 Å². The lowest BCUT2D eigenvalue weighted by Gasteiger charge is -2.35. The minimum atomic E-state index is -3.01. The molecule has 2 aromatic heterocycles. The molecule has 0 aliphatic heterocycles. The summed E-state index contributed by atoms with van der Waals surface area (Å²) < 4.78 is 4.99. The summed E-state index contributed by atoms with van der Waals surface area (Å²) in [6.07, 6.45) is 0.